The van der Waals surface area contributed by atoms with Crippen LogP contribution in [0.3, 0.4) is 0 Å². The molecular formula is C9H21NO. The van der Waals surface area contributed by atoms with Crippen LogP contribution in [0.2, 0.25) is 0 Å². The predicted molar refractivity (Wildman–Crippen MR) is 48.8 cm³/mol. The summed E-state index contributed by atoms with van der Waals surface area (Å²) in [6.45, 7) is 8.50. The van der Waals surface area contributed by atoms with Gasteiger partial charge in [-0.3, -0.25) is 0 Å². The van der Waals surface area contributed by atoms with Gasteiger partial charge in [0.25, 0.3) is 0 Å². The summed E-state index contributed by atoms with van der Waals surface area (Å²) in [5.41, 5.74) is 0. The molecular weight excluding hydrogens is 138 g/mol. The molecule has 0 aliphatic carbocycles. The first kappa shape index (κ1) is 10.9. The third-order valence-electron chi connectivity index (χ3n) is 1.88. The molecule has 0 fully saturated rings. The van der Waals surface area contributed by atoms with Gasteiger partial charge in [0.2, 0.25) is 0 Å². The number of nitrogens with one attached hydrogen (secondary N) is 1. The van der Waals surface area contributed by atoms with Crippen LogP contribution < -0.4 is 5.32 Å². The van der Waals surface area contributed by atoms with E-state index in [2.05, 4.69) is 26.1 Å². The summed E-state index contributed by atoms with van der Waals surface area (Å²) >= 11 is 0. The second-order valence-electron chi connectivity index (χ2n) is 3.28. The number of rotatable bonds is 6. The lowest BCUT2D eigenvalue weighted by Crippen LogP contribution is -2.31. The van der Waals surface area contributed by atoms with Crippen molar-refractivity contribution >= 4 is 0 Å². The van der Waals surface area contributed by atoms with Crippen molar-refractivity contribution in [2.24, 2.45) is 5.92 Å². The summed E-state index contributed by atoms with van der Waals surface area (Å²) in [5, 5.41) is 3.44. The molecule has 0 saturated carbocycles. The van der Waals surface area contributed by atoms with E-state index in [4.69, 9.17) is 4.74 Å². The van der Waals surface area contributed by atoms with Crippen LogP contribution in [-0.2, 0) is 4.74 Å². The van der Waals surface area contributed by atoms with Crippen molar-refractivity contribution in [3.05, 3.63) is 0 Å². The summed E-state index contributed by atoms with van der Waals surface area (Å²) < 4.78 is 5.03. The maximum Gasteiger partial charge on any atom is 0.0499 e. The van der Waals surface area contributed by atoms with E-state index >= 15 is 0 Å². The second-order valence-corrected chi connectivity index (χ2v) is 3.28. The van der Waals surface area contributed by atoms with Crippen LogP contribution in [0.25, 0.3) is 0 Å². The molecule has 0 aromatic carbocycles. The minimum Gasteiger partial charge on any atom is -0.384 e. The van der Waals surface area contributed by atoms with Crippen LogP contribution in [0.1, 0.15) is 27.2 Å². The maximum absolute atomic E-state index is 5.03. The van der Waals surface area contributed by atoms with Gasteiger partial charge < -0.3 is 10.1 Å². The highest BCUT2D eigenvalue weighted by Crippen LogP contribution is 1.94. The zero-order valence-corrected chi connectivity index (χ0v) is 8.18. The summed E-state index contributed by atoms with van der Waals surface area (Å²) in [5.74, 6) is 0.619. The number of methoxy groups -OCH3 is 1. The van der Waals surface area contributed by atoms with Gasteiger partial charge in [-0.25, -0.2) is 0 Å². The van der Waals surface area contributed by atoms with E-state index in [1.54, 1.807) is 7.11 Å². The number of hydrogen-bond acceptors (Lipinski definition) is 2. The third kappa shape index (κ3) is 6.32. The first-order chi connectivity index (χ1) is 5.20. The highest BCUT2D eigenvalue weighted by Gasteiger charge is 2.02. The van der Waals surface area contributed by atoms with Gasteiger partial charge >= 0.3 is 0 Å². The van der Waals surface area contributed by atoms with Crippen molar-refractivity contribution in [3.8, 4) is 0 Å². The lowest BCUT2D eigenvalue weighted by atomic mass is 10.2. The standard InChI is InChI=1S/C9H21NO/c1-5-9(3)10-6-8(2)7-11-4/h8-10H,5-7H2,1-4H3. The molecule has 2 atom stereocenters. The Balaban J connectivity index is 3.22. The van der Waals surface area contributed by atoms with Crippen molar-refractivity contribution in [3.63, 3.8) is 0 Å². The molecule has 2 nitrogen and oxygen atoms in total. The Bertz CT molecular complexity index is 85.6. The van der Waals surface area contributed by atoms with Gasteiger partial charge in [0.15, 0.2) is 0 Å². The molecule has 0 saturated heterocycles. The van der Waals surface area contributed by atoms with Gasteiger partial charge in [-0.1, -0.05) is 13.8 Å². The SMILES string of the molecule is CCC(C)NCC(C)COC. The fraction of sp³-hybridized carbons (Fsp3) is 1.00. The smallest absolute Gasteiger partial charge is 0.0499 e. The maximum atomic E-state index is 5.03. The normalized spacial score (nSPS) is 16.4. The molecule has 11 heavy (non-hydrogen) atoms. The zero-order valence-electron chi connectivity index (χ0n) is 8.18. The van der Waals surface area contributed by atoms with Gasteiger partial charge in [0.1, 0.15) is 0 Å². The molecule has 2 unspecified atom stereocenters. The van der Waals surface area contributed by atoms with Gasteiger partial charge in [-0.05, 0) is 19.3 Å². The van der Waals surface area contributed by atoms with Gasteiger partial charge in [0.05, 0.1) is 0 Å². The van der Waals surface area contributed by atoms with E-state index in [1.165, 1.54) is 6.42 Å². The van der Waals surface area contributed by atoms with Crippen molar-refractivity contribution < 1.29 is 4.74 Å². The lowest BCUT2D eigenvalue weighted by molar-refractivity contribution is 0.157. The average molecular weight is 159 g/mol. The Morgan fingerprint density at radius 3 is 2.45 bits per heavy atom. The monoisotopic (exact) mass is 159 g/mol. The van der Waals surface area contributed by atoms with E-state index < -0.39 is 0 Å². The average Bonchev–Trinajstić information content (AvgIpc) is 2.01. The molecule has 0 aromatic heterocycles. The molecule has 0 bridgehead atoms. The van der Waals surface area contributed by atoms with Crippen LogP contribution in [0, 0.1) is 5.92 Å². The van der Waals surface area contributed by atoms with Crippen LogP contribution in [0.15, 0.2) is 0 Å². The molecule has 1 N–H and O–H groups in total. The lowest BCUT2D eigenvalue weighted by Gasteiger charge is -2.15. The van der Waals surface area contributed by atoms with Crippen LogP contribution >= 0.6 is 0 Å². The Morgan fingerprint density at radius 2 is 2.00 bits per heavy atom. The second kappa shape index (κ2) is 6.62. The Kier molecular flexibility index (Phi) is 6.57. The van der Waals surface area contributed by atoms with Gasteiger partial charge in [-0.2, -0.15) is 0 Å². The molecule has 0 spiro atoms. The summed E-state index contributed by atoms with van der Waals surface area (Å²) in [6, 6.07) is 0.634. The van der Waals surface area contributed by atoms with Crippen LogP contribution in [0.5, 0.6) is 0 Å². The largest absolute Gasteiger partial charge is 0.384 e. The van der Waals surface area contributed by atoms with Crippen molar-refractivity contribution in [2.45, 2.75) is 33.2 Å². The quantitative estimate of drug-likeness (QED) is 0.636. The minimum atomic E-state index is 0.619. The first-order valence-electron chi connectivity index (χ1n) is 4.43. The van der Waals surface area contributed by atoms with E-state index in [9.17, 15) is 0 Å². The van der Waals surface area contributed by atoms with Crippen LogP contribution in [0.4, 0.5) is 0 Å². The van der Waals surface area contributed by atoms with Crippen LogP contribution in [-0.4, -0.2) is 26.3 Å². The minimum absolute atomic E-state index is 0.619. The van der Waals surface area contributed by atoms with Gasteiger partial charge in [-0.15, -0.1) is 0 Å². The van der Waals surface area contributed by atoms with Crippen molar-refractivity contribution in [1.29, 1.82) is 0 Å². The third-order valence-corrected chi connectivity index (χ3v) is 1.88. The van der Waals surface area contributed by atoms with Gasteiger partial charge in [0, 0.05) is 26.3 Å². The molecule has 0 aliphatic rings. The fourth-order valence-corrected chi connectivity index (χ4v) is 0.890. The number of hydrogen-bond donors (Lipinski definition) is 1. The summed E-state index contributed by atoms with van der Waals surface area (Å²) in [6.07, 6.45) is 1.19. The van der Waals surface area contributed by atoms with E-state index in [0.717, 1.165) is 13.2 Å². The Labute approximate surface area is 70.3 Å². The molecule has 68 valence electrons. The summed E-state index contributed by atoms with van der Waals surface area (Å²) in [7, 11) is 1.75. The molecule has 0 amide bonds. The van der Waals surface area contributed by atoms with E-state index in [-0.39, 0.29) is 0 Å². The fourth-order valence-electron chi connectivity index (χ4n) is 0.890. The molecule has 0 radical (unpaired) electrons. The zero-order chi connectivity index (χ0) is 8.69. The Morgan fingerprint density at radius 1 is 1.36 bits per heavy atom. The molecule has 0 heterocycles. The molecule has 0 rings (SSSR count). The predicted octanol–water partition coefficient (Wildman–Crippen LogP) is 1.66. The van der Waals surface area contributed by atoms with E-state index in [0.29, 0.717) is 12.0 Å². The highest BCUT2D eigenvalue weighted by atomic mass is 16.5. The van der Waals surface area contributed by atoms with E-state index in [1.807, 2.05) is 0 Å². The number of ether oxygens (including phenoxy) is 1. The summed E-state index contributed by atoms with van der Waals surface area (Å²) in [4.78, 5) is 0. The van der Waals surface area contributed by atoms with Crippen molar-refractivity contribution in [1.82, 2.24) is 5.32 Å². The molecule has 0 aromatic rings. The molecule has 2 heteroatoms. The Hall–Kier alpha value is -0.0800. The highest BCUT2D eigenvalue weighted by molar-refractivity contribution is 4.61. The topological polar surface area (TPSA) is 21.3 Å². The molecule has 0 aliphatic heterocycles. The van der Waals surface area contributed by atoms with Crippen molar-refractivity contribution in [2.75, 3.05) is 20.3 Å². The first-order valence-corrected chi connectivity index (χ1v) is 4.43.